The molecule has 2 N–H and O–H groups in total. The molecule has 204 valence electrons. The fraction of sp³-hybridized carbons (Fsp3) is 0.625. The van der Waals surface area contributed by atoms with E-state index in [1.807, 2.05) is 30.3 Å². The van der Waals surface area contributed by atoms with Crippen LogP contribution in [0, 0.1) is 0 Å². The average molecular weight is 524 g/mol. The Bertz CT molecular complexity index is 971. The van der Waals surface area contributed by atoms with Crippen molar-refractivity contribution >= 4 is 8.32 Å². The fourth-order valence-electron chi connectivity index (χ4n) is 7.87. The second-order valence-electron chi connectivity index (χ2n) is 12.8. The topological polar surface area (TPSA) is 52.9 Å². The van der Waals surface area contributed by atoms with E-state index in [-0.39, 0.29) is 6.04 Å². The van der Waals surface area contributed by atoms with Gasteiger partial charge in [-0.2, -0.15) is 0 Å². The third-order valence-corrected chi connectivity index (χ3v) is 15.4. The molecule has 2 aromatic rings. The Balaban J connectivity index is 1.44. The Hall–Kier alpha value is -1.66. The third-order valence-electron chi connectivity index (χ3n) is 9.43. The van der Waals surface area contributed by atoms with Crippen LogP contribution in [0.2, 0.25) is 16.6 Å². The Kier molecular flexibility index (Phi) is 8.59. The molecule has 0 amide bonds. The first-order valence-electron chi connectivity index (χ1n) is 14.5. The maximum atomic E-state index is 11.5. The van der Waals surface area contributed by atoms with Gasteiger partial charge in [-0.1, -0.05) is 84.0 Å². The van der Waals surface area contributed by atoms with Crippen LogP contribution < -0.4 is 4.43 Å². The van der Waals surface area contributed by atoms with E-state index in [1.165, 1.54) is 5.56 Å². The Morgan fingerprint density at radius 3 is 1.84 bits per heavy atom. The minimum absolute atomic E-state index is 0.000927. The lowest BCUT2D eigenvalue weighted by Crippen LogP contribution is -2.55. The van der Waals surface area contributed by atoms with Gasteiger partial charge in [0.2, 0.25) is 0 Å². The van der Waals surface area contributed by atoms with Crippen LogP contribution in [0.4, 0.5) is 0 Å². The van der Waals surface area contributed by atoms with Gasteiger partial charge in [-0.05, 0) is 72.5 Å². The van der Waals surface area contributed by atoms with E-state index in [9.17, 15) is 10.2 Å². The van der Waals surface area contributed by atoms with E-state index in [1.54, 1.807) is 0 Å². The van der Waals surface area contributed by atoms with Crippen molar-refractivity contribution in [3.63, 3.8) is 0 Å². The number of fused-ring (bicyclic) bond motifs is 2. The van der Waals surface area contributed by atoms with Gasteiger partial charge >= 0.3 is 0 Å². The Labute approximate surface area is 226 Å². The first-order valence-corrected chi connectivity index (χ1v) is 16.6. The molecule has 2 aliphatic rings. The predicted octanol–water partition coefficient (Wildman–Crippen LogP) is 7.26. The second kappa shape index (κ2) is 11.2. The van der Waals surface area contributed by atoms with Crippen LogP contribution in [0.1, 0.15) is 91.4 Å². The number of benzene rings is 2. The summed E-state index contributed by atoms with van der Waals surface area (Å²) in [5.74, 6) is 0.926. The maximum Gasteiger partial charge on any atom is 0.258 e. The number of piperidine rings is 1. The largest absolute Gasteiger partial charge is 0.543 e. The van der Waals surface area contributed by atoms with E-state index in [0.29, 0.717) is 35.1 Å². The summed E-state index contributed by atoms with van der Waals surface area (Å²) in [6.07, 6.45) is 3.87. The van der Waals surface area contributed by atoms with E-state index in [2.05, 4.69) is 77.6 Å². The number of hydrogen-bond acceptors (Lipinski definition) is 4. The minimum atomic E-state index is -2.01. The molecule has 4 rings (SSSR count). The van der Waals surface area contributed by atoms with Crippen LogP contribution in [0.25, 0.3) is 0 Å². The molecule has 0 radical (unpaired) electrons. The molecule has 0 saturated carbocycles. The molecule has 0 spiro atoms. The molecule has 2 bridgehead atoms. The zero-order valence-electron chi connectivity index (χ0n) is 24.0. The van der Waals surface area contributed by atoms with E-state index in [0.717, 1.165) is 37.0 Å². The van der Waals surface area contributed by atoms with Crippen LogP contribution in [0.5, 0.6) is 5.75 Å². The molecule has 2 fully saturated rings. The van der Waals surface area contributed by atoms with Crippen molar-refractivity contribution in [1.82, 2.24) is 4.90 Å². The van der Waals surface area contributed by atoms with Gasteiger partial charge in [0.15, 0.2) is 0 Å². The van der Waals surface area contributed by atoms with Crippen molar-refractivity contribution in [2.75, 3.05) is 0 Å². The molecule has 37 heavy (non-hydrogen) atoms. The molecule has 2 saturated heterocycles. The maximum absolute atomic E-state index is 11.5. The van der Waals surface area contributed by atoms with Gasteiger partial charge in [0.05, 0.1) is 11.7 Å². The van der Waals surface area contributed by atoms with Crippen molar-refractivity contribution in [3.05, 3.63) is 65.7 Å². The minimum Gasteiger partial charge on any atom is -0.543 e. The summed E-state index contributed by atoms with van der Waals surface area (Å²) in [5.41, 5.74) is 3.05. The predicted molar refractivity (Wildman–Crippen MR) is 156 cm³/mol. The summed E-state index contributed by atoms with van der Waals surface area (Å²) in [6.45, 7) is 16.0. The van der Waals surface area contributed by atoms with Gasteiger partial charge < -0.3 is 14.6 Å². The van der Waals surface area contributed by atoms with Crippen molar-refractivity contribution < 1.29 is 14.6 Å². The highest BCUT2D eigenvalue weighted by atomic mass is 28.4. The van der Waals surface area contributed by atoms with Crippen molar-refractivity contribution in [3.8, 4) is 5.75 Å². The molecule has 4 unspecified atom stereocenters. The zero-order chi connectivity index (χ0) is 27.0. The van der Waals surface area contributed by atoms with E-state index >= 15 is 0 Å². The van der Waals surface area contributed by atoms with Crippen LogP contribution in [0.3, 0.4) is 0 Å². The molecule has 2 heterocycles. The van der Waals surface area contributed by atoms with Gasteiger partial charge in [0.25, 0.3) is 8.32 Å². The summed E-state index contributed by atoms with van der Waals surface area (Å²) in [4.78, 5) is 2.50. The summed E-state index contributed by atoms with van der Waals surface area (Å²) in [7, 11) is -2.01. The first kappa shape index (κ1) is 28.3. The number of aliphatic hydroxyl groups is 2. The van der Waals surface area contributed by atoms with Crippen LogP contribution in [-0.4, -0.2) is 47.2 Å². The van der Waals surface area contributed by atoms with Gasteiger partial charge in [-0.3, -0.25) is 4.90 Å². The first-order chi connectivity index (χ1) is 17.5. The normalized spacial score (nSPS) is 26.2. The second-order valence-corrected chi connectivity index (χ2v) is 18.2. The summed E-state index contributed by atoms with van der Waals surface area (Å²) in [6, 6.07) is 19.2. The molecule has 0 aliphatic carbocycles. The molecule has 0 aromatic heterocycles. The lowest BCUT2D eigenvalue weighted by Gasteiger charge is -2.47. The Morgan fingerprint density at radius 1 is 0.838 bits per heavy atom. The smallest absolute Gasteiger partial charge is 0.258 e. The molecule has 2 aliphatic heterocycles. The molecule has 4 nitrogen and oxygen atoms in total. The highest BCUT2D eigenvalue weighted by Gasteiger charge is 2.50. The molecule has 5 heteroatoms. The highest BCUT2D eigenvalue weighted by Crippen LogP contribution is 2.46. The fourth-order valence-corrected chi connectivity index (χ4v) is 13.1. The Morgan fingerprint density at radius 2 is 1.35 bits per heavy atom. The molecule has 4 atom stereocenters. The van der Waals surface area contributed by atoms with Crippen LogP contribution >= 0.6 is 0 Å². The monoisotopic (exact) mass is 523 g/mol. The van der Waals surface area contributed by atoms with Crippen LogP contribution in [0.15, 0.2) is 54.6 Å². The number of hydrogen-bond donors (Lipinski definition) is 2. The van der Waals surface area contributed by atoms with E-state index < -0.39 is 20.0 Å². The third kappa shape index (κ3) is 5.70. The quantitative estimate of drug-likeness (QED) is 0.322. The van der Waals surface area contributed by atoms with E-state index in [4.69, 9.17) is 4.43 Å². The van der Waals surface area contributed by atoms with Gasteiger partial charge in [0.1, 0.15) is 5.75 Å². The van der Waals surface area contributed by atoms with Crippen molar-refractivity contribution in [2.45, 2.75) is 127 Å². The van der Waals surface area contributed by atoms with Crippen molar-refractivity contribution in [2.24, 2.45) is 0 Å². The SMILES string of the molecule is CC(C(O)c1ccc(O[Si](C(C)C)(C(C)C)C(C)C)cc1)N1C2CCC1CC(O)(Cc1ccccc1)C2. The van der Waals surface area contributed by atoms with Crippen LogP contribution in [-0.2, 0) is 6.42 Å². The zero-order valence-corrected chi connectivity index (χ0v) is 25.0. The lowest BCUT2D eigenvalue weighted by molar-refractivity contribution is -0.0798. The van der Waals surface area contributed by atoms with Crippen molar-refractivity contribution in [1.29, 1.82) is 0 Å². The summed E-state index contributed by atoms with van der Waals surface area (Å²) >= 11 is 0. The number of rotatable bonds is 10. The molecular formula is C32H49NO3Si. The molecule has 2 aromatic carbocycles. The standard InChI is InChI=1S/C32H49NO3Si/c1-22(2)37(23(3)4,24(5)6)36-30-17-13-27(14-18-30)31(34)25(7)33-28-15-16-29(33)21-32(35,20-28)19-26-11-9-8-10-12-26/h8-14,17-18,22-25,28-29,31,34-35H,15-16,19-21H2,1-7H3. The summed E-state index contributed by atoms with van der Waals surface area (Å²) < 4.78 is 6.83. The van der Waals surface area contributed by atoms with Gasteiger partial charge in [-0.15, -0.1) is 0 Å². The molecular weight excluding hydrogens is 474 g/mol. The summed E-state index contributed by atoms with van der Waals surface area (Å²) in [5, 5.41) is 22.9. The highest BCUT2D eigenvalue weighted by molar-refractivity contribution is 6.78. The number of aliphatic hydroxyl groups excluding tert-OH is 1. The van der Waals surface area contributed by atoms with Gasteiger partial charge in [0, 0.05) is 24.5 Å². The lowest BCUT2D eigenvalue weighted by atomic mass is 9.80. The number of nitrogens with zero attached hydrogens (tertiary/aromatic N) is 1. The van der Waals surface area contributed by atoms with Gasteiger partial charge in [-0.25, -0.2) is 0 Å². The average Bonchev–Trinajstić information content (AvgIpc) is 3.13.